The third-order valence-corrected chi connectivity index (χ3v) is 4.57. The van der Waals surface area contributed by atoms with Gasteiger partial charge >= 0.3 is 0 Å². The van der Waals surface area contributed by atoms with Crippen LogP contribution in [0.2, 0.25) is 0 Å². The number of carbonyl (C=O) groups is 1. The number of fused-ring (bicyclic) bond motifs is 1. The number of ether oxygens (including phenoxy) is 1. The molecule has 0 spiro atoms. The highest BCUT2D eigenvalue weighted by molar-refractivity contribution is 6.03. The first kappa shape index (κ1) is 17.5. The molecular weight excluding hydrogens is 342 g/mol. The van der Waals surface area contributed by atoms with E-state index in [4.69, 9.17) is 4.74 Å². The molecule has 0 bridgehead atoms. The second-order valence-corrected chi connectivity index (χ2v) is 7.00. The molecule has 1 aliphatic heterocycles. The number of hydrogen-bond acceptors (Lipinski definition) is 4. The number of hydrogen-bond donors (Lipinski definition) is 3. The van der Waals surface area contributed by atoms with E-state index in [1.807, 2.05) is 49.3 Å². The largest absolute Gasteiger partial charge is 0.376 e. The molecule has 0 aliphatic carbocycles. The average molecular weight is 365 g/mol. The van der Waals surface area contributed by atoms with Gasteiger partial charge in [-0.05, 0) is 38.4 Å². The minimum atomic E-state index is -0.162. The van der Waals surface area contributed by atoms with Crippen LogP contribution in [0.1, 0.15) is 27.4 Å². The standard InChI is InChI=1S/C20H23N5O2/c1-25(2)11-15-6-7-18(21-15)20(26)22-14-5-3-4-13(10-14)19-16-12-27-9-8-17(16)23-24-19/h3-7,10,21H,8-9,11-12H2,1-2H3,(H,22,26)(H,23,24). The summed E-state index contributed by atoms with van der Waals surface area (Å²) < 4.78 is 5.56. The SMILES string of the molecule is CN(C)Cc1ccc(C(=O)Nc2cccc(-c3n[nH]c4c3COCC4)c2)[nH]1. The molecular formula is C20H23N5O2. The number of carbonyl (C=O) groups excluding carboxylic acids is 1. The van der Waals surface area contributed by atoms with Crippen LogP contribution in [-0.2, 0) is 24.3 Å². The highest BCUT2D eigenvalue weighted by atomic mass is 16.5. The van der Waals surface area contributed by atoms with Crippen molar-refractivity contribution in [3.8, 4) is 11.3 Å². The Balaban J connectivity index is 1.52. The Morgan fingerprint density at radius 1 is 1.30 bits per heavy atom. The number of amides is 1. The fourth-order valence-electron chi connectivity index (χ4n) is 3.30. The first-order valence-electron chi connectivity index (χ1n) is 8.98. The van der Waals surface area contributed by atoms with Crippen LogP contribution in [0, 0.1) is 0 Å². The van der Waals surface area contributed by atoms with Crippen molar-refractivity contribution >= 4 is 11.6 Å². The molecule has 3 heterocycles. The van der Waals surface area contributed by atoms with Gasteiger partial charge in [0.15, 0.2) is 0 Å². The van der Waals surface area contributed by atoms with E-state index in [-0.39, 0.29) is 5.91 Å². The lowest BCUT2D eigenvalue weighted by Gasteiger charge is -2.13. The summed E-state index contributed by atoms with van der Waals surface area (Å²) in [7, 11) is 3.98. The van der Waals surface area contributed by atoms with Gasteiger partial charge in [0.2, 0.25) is 0 Å². The van der Waals surface area contributed by atoms with Gasteiger partial charge in [0.05, 0.1) is 18.9 Å². The van der Waals surface area contributed by atoms with E-state index >= 15 is 0 Å². The number of nitrogens with one attached hydrogen (secondary N) is 3. The van der Waals surface area contributed by atoms with E-state index < -0.39 is 0 Å². The van der Waals surface area contributed by atoms with Crippen LogP contribution >= 0.6 is 0 Å². The molecule has 0 radical (unpaired) electrons. The summed E-state index contributed by atoms with van der Waals surface area (Å²) in [6, 6.07) is 11.5. The van der Waals surface area contributed by atoms with Crippen molar-refractivity contribution in [1.29, 1.82) is 0 Å². The van der Waals surface area contributed by atoms with E-state index in [2.05, 4.69) is 20.5 Å². The van der Waals surface area contributed by atoms with Gasteiger partial charge in [-0.2, -0.15) is 5.10 Å². The molecule has 1 amide bonds. The van der Waals surface area contributed by atoms with Gasteiger partial charge in [-0.25, -0.2) is 0 Å². The van der Waals surface area contributed by atoms with Gasteiger partial charge in [-0.15, -0.1) is 0 Å². The highest BCUT2D eigenvalue weighted by Gasteiger charge is 2.19. The maximum absolute atomic E-state index is 12.5. The number of H-pyrrole nitrogens is 2. The molecule has 0 unspecified atom stereocenters. The van der Waals surface area contributed by atoms with Crippen molar-refractivity contribution in [3.63, 3.8) is 0 Å². The minimum Gasteiger partial charge on any atom is -0.376 e. The zero-order chi connectivity index (χ0) is 18.8. The maximum atomic E-state index is 12.5. The molecule has 27 heavy (non-hydrogen) atoms. The molecule has 0 atom stereocenters. The fraction of sp³-hybridized carbons (Fsp3) is 0.300. The van der Waals surface area contributed by atoms with Crippen LogP contribution < -0.4 is 5.32 Å². The molecule has 0 saturated carbocycles. The zero-order valence-corrected chi connectivity index (χ0v) is 15.5. The Morgan fingerprint density at radius 2 is 2.19 bits per heavy atom. The van der Waals surface area contributed by atoms with Gasteiger partial charge in [-0.3, -0.25) is 9.89 Å². The molecule has 0 saturated heterocycles. The Bertz CT molecular complexity index is 957. The highest BCUT2D eigenvalue weighted by Crippen LogP contribution is 2.29. The number of anilines is 1. The van der Waals surface area contributed by atoms with E-state index in [0.29, 0.717) is 12.3 Å². The predicted octanol–water partition coefficient (Wildman–Crippen LogP) is 2.79. The van der Waals surface area contributed by atoms with Crippen molar-refractivity contribution in [2.24, 2.45) is 0 Å². The van der Waals surface area contributed by atoms with Crippen LogP contribution in [-0.4, -0.2) is 46.7 Å². The monoisotopic (exact) mass is 365 g/mol. The maximum Gasteiger partial charge on any atom is 0.272 e. The normalized spacial score (nSPS) is 13.6. The summed E-state index contributed by atoms with van der Waals surface area (Å²) >= 11 is 0. The van der Waals surface area contributed by atoms with Crippen LogP contribution in [0.3, 0.4) is 0 Å². The summed E-state index contributed by atoms with van der Waals surface area (Å²) in [4.78, 5) is 17.8. The van der Waals surface area contributed by atoms with E-state index in [0.717, 1.165) is 53.5 Å². The second-order valence-electron chi connectivity index (χ2n) is 7.00. The van der Waals surface area contributed by atoms with E-state index in [9.17, 15) is 4.79 Å². The average Bonchev–Trinajstić information content (AvgIpc) is 3.28. The summed E-state index contributed by atoms with van der Waals surface area (Å²) in [6.07, 6.45) is 0.848. The van der Waals surface area contributed by atoms with Crippen LogP contribution in [0.25, 0.3) is 11.3 Å². The van der Waals surface area contributed by atoms with E-state index in [1.54, 1.807) is 6.07 Å². The fourth-order valence-corrected chi connectivity index (χ4v) is 3.30. The number of aromatic nitrogens is 3. The van der Waals surface area contributed by atoms with Gasteiger partial charge < -0.3 is 19.9 Å². The molecule has 7 heteroatoms. The third kappa shape index (κ3) is 3.79. The number of rotatable bonds is 5. The predicted molar refractivity (Wildman–Crippen MR) is 104 cm³/mol. The molecule has 1 aliphatic rings. The first-order valence-corrected chi connectivity index (χ1v) is 8.98. The summed E-state index contributed by atoms with van der Waals surface area (Å²) in [5.41, 5.74) is 6.34. The van der Waals surface area contributed by atoms with Crippen molar-refractivity contribution in [2.75, 3.05) is 26.0 Å². The van der Waals surface area contributed by atoms with Crippen molar-refractivity contribution < 1.29 is 9.53 Å². The lowest BCUT2D eigenvalue weighted by molar-refractivity contribution is 0.102. The van der Waals surface area contributed by atoms with Gasteiger partial charge in [0.1, 0.15) is 5.69 Å². The Labute approximate surface area is 157 Å². The van der Waals surface area contributed by atoms with Gasteiger partial charge in [-0.1, -0.05) is 12.1 Å². The molecule has 140 valence electrons. The summed E-state index contributed by atoms with van der Waals surface area (Å²) in [5, 5.41) is 10.5. The number of aromatic amines is 2. The molecule has 3 aromatic rings. The van der Waals surface area contributed by atoms with Gasteiger partial charge in [0, 0.05) is 41.2 Å². The lowest BCUT2D eigenvalue weighted by Crippen LogP contribution is -2.14. The molecule has 4 rings (SSSR count). The molecule has 7 nitrogen and oxygen atoms in total. The van der Waals surface area contributed by atoms with Gasteiger partial charge in [0.25, 0.3) is 5.91 Å². The van der Waals surface area contributed by atoms with Crippen molar-refractivity contribution in [3.05, 3.63) is 59.0 Å². The van der Waals surface area contributed by atoms with E-state index in [1.165, 1.54) is 0 Å². The topological polar surface area (TPSA) is 86.0 Å². The van der Waals surface area contributed by atoms with Crippen molar-refractivity contribution in [2.45, 2.75) is 19.6 Å². The molecule has 2 aromatic heterocycles. The smallest absolute Gasteiger partial charge is 0.272 e. The Morgan fingerprint density at radius 3 is 3.04 bits per heavy atom. The first-order chi connectivity index (χ1) is 13.1. The Hall–Kier alpha value is -2.90. The number of benzene rings is 1. The zero-order valence-electron chi connectivity index (χ0n) is 15.5. The third-order valence-electron chi connectivity index (χ3n) is 4.57. The molecule has 0 fully saturated rings. The summed E-state index contributed by atoms with van der Waals surface area (Å²) in [5.74, 6) is -0.162. The molecule has 3 N–H and O–H groups in total. The lowest BCUT2D eigenvalue weighted by atomic mass is 10.0. The quantitative estimate of drug-likeness (QED) is 0.649. The number of nitrogens with zero attached hydrogens (tertiary/aromatic N) is 2. The van der Waals surface area contributed by atoms with Crippen molar-refractivity contribution in [1.82, 2.24) is 20.1 Å². The van der Waals surface area contributed by atoms with Crippen LogP contribution in [0.15, 0.2) is 36.4 Å². The summed E-state index contributed by atoms with van der Waals surface area (Å²) in [6.45, 7) is 2.04. The Kier molecular flexibility index (Phi) is 4.79. The minimum absolute atomic E-state index is 0.162. The van der Waals surface area contributed by atoms with Crippen LogP contribution in [0.4, 0.5) is 5.69 Å². The molecule has 1 aromatic carbocycles. The van der Waals surface area contributed by atoms with Crippen LogP contribution in [0.5, 0.6) is 0 Å². The second kappa shape index (κ2) is 7.38.